The van der Waals surface area contributed by atoms with Gasteiger partial charge in [0.1, 0.15) is 16.1 Å². The number of fused-ring (bicyclic) bond motifs is 1. The smallest absolute Gasteiger partial charge is 0.265 e. The highest BCUT2D eigenvalue weighted by molar-refractivity contribution is 9.10. The molecule has 1 aromatic carbocycles. The van der Waals surface area contributed by atoms with Crippen LogP contribution in [0.3, 0.4) is 0 Å². The van der Waals surface area contributed by atoms with Crippen LogP contribution < -0.4 is 5.56 Å². The topological polar surface area (TPSA) is 74.4 Å². The van der Waals surface area contributed by atoms with Crippen LogP contribution in [0.25, 0.3) is 11.0 Å². The van der Waals surface area contributed by atoms with Crippen molar-refractivity contribution in [1.82, 2.24) is 19.9 Å². The molecule has 0 aliphatic rings. The third kappa shape index (κ3) is 2.76. The van der Waals surface area contributed by atoms with Gasteiger partial charge in [0.25, 0.3) is 5.56 Å². The molecule has 3 rings (SSSR count). The van der Waals surface area contributed by atoms with Crippen LogP contribution in [0.4, 0.5) is 0 Å². The molecular weight excluding hydrogens is 332 g/mol. The van der Waals surface area contributed by atoms with Gasteiger partial charge in [-0.05, 0) is 34.0 Å². The molecule has 0 fully saturated rings. The fourth-order valence-corrected chi connectivity index (χ4v) is 2.88. The average molecular weight is 347 g/mol. The van der Waals surface area contributed by atoms with Crippen LogP contribution in [0.2, 0.25) is 0 Å². The Bertz CT molecular complexity index is 817. The van der Waals surface area contributed by atoms with Gasteiger partial charge in [-0.25, -0.2) is 9.97 Å². The molecule has 0 saturated heterocycles. The first-order chi connectivity index (χ1) is 10.0. The minimum atomic E-state index is -0.153. The predicted molar refractivity (Wildman–Crippen MR) is 85.5 cm³/mol. The summed E-state index contributed by atoms with van der Waals surface area (Å²) in [6.45, 7) is 4.02. The number of para-hydroxylation sites is 2. The van der Waals surface area contributed by atoms with Crippen LogP contribution in [-0.2, 0) is 6.42 Å². The van der Waals surface area contributed by atoms with E-state index < -0.39 is 0 Å². The minimum absolute atomic E-state index is 0.153. The van der Waals surface area contributed by atoms with Gasteiger partial charge in [0.05, 0.1) is 23.1 Å². The maximum Gasteiger partial charge on any atom is 0.265 e. The SMILES string of the molecule is CC(C)c1nc(Cc2nc3ccccc3[nH]2)[nH]c(=O)c1Br. The molecule has 0 unspecified atom stereocenters. The first-order valence-corrected chi connectivity index (χ1v) is 7.56. The number of halogens is 1. The van der Waals surface area contributed by atoms with Gasteiger partial charge in [0, 0.05) is 0 Å². The number of aromatic amines is 2. The molecule has 0 spiro atoms. The van der Waals surface area contributed by atoms with E-state index in [-0.39, 0.29) is 11.5 Å². The van der Waals surface area contributed by atoms with Crippen molar-refractivity contribution in [3.05, 3.63) is 56.4 Å². The fraction of sp³-hybridized carbons (Fsp3) is 0.267. The first-order valence-electron chi connectivity index (χ1n) is 6.77. The Hall–Kier alpha value is -1.95. The van der Waals surface area contributed by atoms with Gasteiger partial charge < -0.3 is 9.97 Å². The van der Waals surface area contributed by atoms with E-state index in [0.29, 0.717) is 16.7 Å². The van der Waals surface area contributed by atoms with Crippen molar-refractivity contribution in [2.75, 3.05) is 0 Å². The summed E-state index contributed by atoms with van der Waals surface area (Å²) in [5.41, 5.74) is 2.51. The monoisotopic (exact) mass is 346 g/mol. The first kappa shape index (κ1) is 14.0. The maximum absolute atomic E-state index is 12.0. The highest BCUT2D eigenvalue weighted by Gasteiger charge is 2.13. The second-order valence-electron chi connectivity index (χ2n) is 5.24. The molecule has 0 saturated carbocycles. The fourth-order valence-electron chi connectivity index (χ4n) is 2.24. The number of hydrogen-bond donors (Lipinski definition) is 2. The van der Waals surface area contributed by atoms with E-state index in [1.165, 1.54) is 0 Å². The zero-order valence-corrected chi connectivity index (χ0v) is 13.4. The Morgan fingerprint density at radius 1 is 1.14 bits per heavy atom. The number of H-pyrrole nitrogens is 2. The summed E-state index contributed by atoms with van der Waals surface area (Å²) in [7, 11) is 0. The lowest BCUT2D eigenvalue weighted by Gasteiger charge is -2.08. The zero-order chi connectivity index (χ0) is 15.0. The van der Waals surface area contributed by atoms with Crippen molar-refractivity contribution >= 4 is 27.0 Å². The highest BCUT2D eigenvalue weighted by atomic mass is 79.9. The van der Waals surface area contributed by atoms with E-state index in [2.05, 4.69) is 35.9 Å². The predicted octanol–water partition coefficient (Wildman–Crippen LogP) is 3.12. The average Bonchev–Trinajstić information content (AvgIpc) is 2.84. The number of hydrogen-bond acceptors (Lipinski definition) is 3. The van der Waals surface area contributed by atoms with Crippen LogP contribution in [-0.4, -0.2) is 19.9 Å². The van der Waals surface area contributed by atoms with Gasteiger partial charge in [-0.15, -0.1) is 0 Å². The number of imidazole rings is 1. The Balaban J connectivity index is 1.99. The maximum atomic E-state index is 12.0. The van der Waals surface area contributed by atoms with Gasteiger partial charge >= 0.3 is 0 Å². The Labute approximate surface area is 130 Å². The summed E-state index contributed by atoms with van der Waals surface area (Å²) < 4.78 is 0.505. The summed E-state index contributed by atoms with van der Waals surface area (Å²) in [5.74, 6) is 1.58. The number of benzene rings is 1. The summed E-state index contributed by atoms with van der Waals surface area (Å²) in [6.07, 6.45) is 0.469. The van der Waals surface area contributed by atoms with Gasteiger partial charge in [-0.3, -0.25) is 4.79 Å². The second-order valence-corrected chi connectivity index (χ2v) is 6.04. The lowest BCUT2D eigenvalue weighted by atomic mass is 10.1. The summed E-state index contributed by atoms with van der Waals surface area (Å²) in [4.78, 5) is 27.0. The lowest BCUT2D eigenvalue weighted by molar-refractivity contribution is 0.770. The van der Waals surface area contributed by atoms with Crippen molar-refractivity contribution in [3.63, 3.8) is 0 Å². The van der Waals surface area contributed by atoms with E-state index in [4.69, 9.17) is 0 Å². The number of nitrogens with one attached hydrogen (secondary N) is 2. The molecule has 108 valence electrons. The number of aromatic nitrogens is 4. The Morgan fingerprint density at radius 2 is 1.86 bits per heavy atom. The van der Waals surface area contributed by atoms with Gasteiger partial charge in [-0.2, -0.15) is 0 Å². The molecule has 2 heterocycles. The van der Waals surface area contributed by atoms with E-state index in [0.717, 1.165) is 22.6 Å². The van der Waals surface area contributed by atoms with Crippen LogP contribution in [0, 0.1) is 0 Å². The molecule has 0 aliphatic heterocycles. The van der Waals surface area contributed by atoms with Crippen molar-refractivity contribution in [1.29, 1.82) is 0 Å². The van der Waals surface area contributed by atoms with Crippen LogP contribution in [0.15, 0.2) is 33.5 Å². The van der Waals surface area contributed by atoms with Gasteiger partial charge in [0.2, 0.25) is 0 Å². The van der Waals surface area contributed by atoms with Crippen LogP contribution >= 0.6 is 15.9 Å². The summed E-state index contributed by atoms with van der Waals surface area (Å²) in [5, 5.41) is 0. The van der Waals surface area contributed by atoms with Crippen LogP contribution in [0.1, 0.15) is 37.1 Å². The van der Waals surface area contributed by atoms with Crippen molar-refractivity contribution < 1.29 is 0 Å². The quantitative estimate of drug-likeness (QED) is 0.764. The van der Waals surface area contributed by atoms with E-state index in [9.17, 15) is 4.79 Å². The third-order valence-electron chi connectivity index (χ3n) is 3.26. The van der Waals surface area contributed by atoms with E-state index in [1.54, 1.807) is 0 Å². The van der Waals surface area contributed by atoms with E-state index in [1.807, 2.05) is 38.1 Å². The molecule has 2 N–H and O–H groups in total. The molecular formula is C15H15BrN4O. The Kier molecular flexibility index (Phi) is 3.63. The molecule has 0 amide bonds. The van der Waals surface area contributed by atoms with E-state index >= 15 is 0 Å². The van der Waals surface area contributed by atoms with Gasteiger partial charge in [-0.1, -0.05) is 26.0 Å². The molecule has 0 bridgehead atoms. The third-order valence-corrected chi connectivity index (χ3v) is 4.02. The molecule has 0 atom stereocenters. The number of rotatable bonds is 3. The molecule has 5 nitrogen and oxygen atoms in total. The standard InChI is InChI=1S/C15H15BrN4O/c1-8(2)14-13(16)15(21)20-12(19-14)7-11-17-9-5-3-4-6-10(9)18-11/h3-6,8H,7H2,1-2H3,(H,17,18)(H,19,20,21). The molecule has 0 aliphatic carbocycles. The van der Waals surface area contributed by atoms with Crippen molar-refractivity contribution in [2.45, 2.75) is 26.2 Å². The molecule has 2 aromatic heterocycles. The Morgan fingerprint density at radius 3 is 2.57 bits per heavy atom. The molecule has 21 heavy (non-hydrogen) atoms. The largest absolute Gasteiger partial charge is 0.342 e. The normalized spacial score (nSPS) is 11.4. The van der Waals surface area contributed by atoms with Crippen LogP contribution in [0.5, 0.6) is 0 Å². The van der Waals surface area contributed by atoms with Crippen molar-refractivity contribution in [2.24, 2.45) is 0 Å². The number of nitrogens with zero attached hydrogens (tertiary/aromatic N) is 2. The second kappa shape index (κ2) is 5.44. The molecule has 3 aromatic rings. The summed E-state index contributed by atoms with van der Waals surface area (Å²) >= 11 is 3.30. The lowest BCUT2D eigenvalue weighted by Crippen LogP contribution is -2.17. The van der Waals surface area contributed by atoms with Gasteiger partial charge in [0.15, 0.2) is 0 Å². The van der Waals surface area contributed by atoms with Crippen molar-refractivity contribution in [3.8, 4) is 0 Å². The highest BCUT2D eigenvalue weighted by Crippen LogP contribution is 2.19. The zero-order valence-electron chi connectivity index (χ0n) is 11.8. The molecule has 0 radical (unpaired) electrons. The molecule has 6 heteroatoms. The summed E-state index contributed by atoms with van der Waals surface area (Å²) in [6, 6.07) is 7.83. The minimum Gasteiger partial charge on any atom is -0.342 e.